The van der Waals surface area contributed by atoms with Crippen LogP contribution in [-0.2, 0) is 16.1 Å². The summed E-state index contributed by atoms with van der Waals surface area (Å²) in [6, 6.07) is 9.69. The minimum atomic E-state index is -0.0837. The fourth-order valence-corrected chi connectivity index (χ4v) is 4.10. The number of imidazole rings is 1. The predicted molar refractivity (Wildman–Crippen MR) is 115 cm³/mol. The summed E-state index contributed by atoms with van der Waals surface area (Å²) in [6.07, 6.45) is 9.06. The lowest BCUT2D eigenvalue weighted by atomic mass is 10.2. The van der Waals surface area contributed by atoms with Gasteiger partial charge < -0.3 is 9.88 Å². The summed E-state index contributed by atoms with van der Waals surface area (Å²) < 4.78 is 2.53. The fraction of sp³-hybridized carbons (Fsp3) is 0.300. The number of aromatic nitrogens is 2. The summed E-state index contributed by atoms with van der Waals surface area (Å²) >= 11 is 6.65. The highest BCUT2D eigenvalue weighted by Crippen LogP contribution is 2.32. The van der Waals surface area contributed by atoms with Gasteiger partial charge in [0.2, 0.25) is 5.91 Å². The largest absolute Gasteiger partial charge is 0.356 e. The maximum atomic E-state index is 12.6. The molecule has 0 atom stereocenters. The quantitative estimate of drug-likeness (QED) is 0.388. The van der Waals surface area contributed by atoms with Crippen molar-refractivity contribution in [2.24, 2.45) is 0 Å². The van der Waals surface area contributed by atoms with Crippen LogP contribution in [0.5, 0.6) is 0 Å². The third-order valence-electron chi connectivity index (χ3n) is 4.23. The van der Waals surface area contributed by atoms with Gasteiger partial charge in [0, 0.05) is 38.4 Å². The first-order valence-corrected chi connectivity index (χ1v) is 10.4. The topological polar surface area (TPSA) is 67.2 Å². The van der Waals surface area contributed by atoms with Crippen molar-refractivity contribution in [3.8, 4) is 0 Å². The van der Waals surface area contributed by atoms with Gasteiger partial charge in [0.15, 0.2) is 0 Å². The Morgan fingerprint density at radius 3 is 2.79 bits per heavy atom. The van der Waals surface area contributed by atoms with Crippen molar-refractivity contribution >= 4 is 46.2 Å². The van der Waals surface area contributed by atoms with E-state index in [1.165, 1.54) is 11.8 Å². The molecule has 1 N–H and O–H groups in total. The molecule has 28 heavy (non-hydrogen) atoms. The Morgan fingerprint density at radius 1 is 1.21 bits per heavy atom. The fourth-order valence-electron chi connectivity index (χ4n) is 2.79. The van der Waals surface area contributed by atoms with E-state index in [9.17, 15) is 9.59 Å². The first-order valence-electron chi connectivity index (χ1n) is 9.16. The molecule has 1 saturated heterocycles. The van der Waals surface area contributed by atoms with E-state index >= 15 is 0 Å². The van der Waals surface area contributed by atoms with Crippen LogP contribution in [0.1, 0.15) is 24.8 Å². The van der Waals surface area contributed by atoms with Crippen LogP contribution in [-0.4, -0.2) is 43.7 Å². The number of rotatable bonds is 9. The molecular weight excluding hydrogens is 392 g/mol. The number of nitrogens with zero attached hydrogens (tertiary/aromatic N) is 3. The third kappa shape index (κ3) is 5.77. The molecule has 1 fully saturated rings. The van der Waals surface area contributed by atoms with Crippen molar-refractivity contribution in [3.63, 3.8) is 0 Å². The molecule has 1 aliphatic rings. The molecule has 1 aromatic heterocycles. The van der Waals surface area contributed by atoms with Gasteiger partial charge in [0.05, 0.1) is 11.2 Å². The molecule has 2 amide bonds. The van der Waals surface area contributed by atoms with Crippen LogP contribution in [0.25, 0.3) is 6.08 Å². The normalized spacial score (nSPS) is 15.4. The van der Waals surface area contributed by atoms with E-state index in [-0.39, 0.29) is 11.8 Å². The molecule has 0 saturated carbocycles. The number of amides is 2. The Morgan fingerprint density at radius 2 is 2.04 bits per heavy atom. The summed E-state index contributed by atoms with van der Waals surface area (Å²) in [5.74, 6) is -0.0875. The van der Waals surface area contributed by atoms with Gasteiger partial charge in [0.1, 0.15) is 4.32 Å². The highest BCUT2D eigenvalue weighted by atomic mass is 32.2. The average Bonchev–Trinajstić information content (AvgIpc) is 3.30. The van der Waals surface area contributed by atoms with E-state index in [0.29, 0.717) is 35.2 Å². The first-order chi connectivity index (χ1) is 13.6. The molecule has 3 rings (SSSR count). The van der Waals surface area contributed by atoms with Gasteiger partial charge in [-0.05, 0) is 24.5 Å². The number of carbonyl (C=O) groups is 2. The van der Waals surface area contributed by atoms with Crippen LogP contribution in [0.4, 0.5) is 0 Å². The van der Waals surface area contributed by atoms with Crippen LogP contribution in [0, 0.1) is 0 Å². The number of benzene rings is 1. The number of carbonyl (C=O) groups excluding carboxylic acids is 2. The Hall–Kier alpha value is -2.45. The van der Waals surface area contributed by atoms with Crippen LogP contribution in [0.15, 0.2) is 54.0 Å². The van der Waals surface area contributed by atoms with Gasteiger partial charge in [-0.2, -0.15) is 0 Å². The number of hydrogen-bond donors (Lipinski definition) is 1. The molecule has 0 spiro atoms. The second kappa shape index (κ2) is 10.2. The molecule has 8 heteroatoms. The van der Waals surface area contributed by atoms with Crippen molar-refractivity contribution in [2.75, 3.05) is 13.1 Å². The number of hydrogen-bond acceptors (Lipinski definition) is 5. The van der Waals surface area contributed by atoms with Crippen LogP contribution >= 0.6 is 24.0 Å². The van der Waals surface area contributed by atoms with Gasteiger partial charge in [-0.1, -0.05) is 54.3 Å². The zero-order valence-electron chi connectivity index (χ0n) is 15.4. The average molecular weight is 415 g/mol. The highest BCUT2D eigenvalue weighted by Gasteiger charge is 2.31. The first kappa shape index (κ1) is 20.3. The molecule has 0 radical (unpaired) electrons. The van der Waals surface area contributed by atoms with Crippen LogP contribution < -0.4 is 5.32 Å². The van der Waals surface area contributed by atoms with E-state index in [0.717, 1.165) is 18.5 Å². The molecule has 0 aliphatic carbocycles. The van der Waals surface area contributed by atoms with Crippen molar-refractivity contribution < 1.29 is 9.59 Å². The highest BCUT2D eigenvalue weighted by molar-refractivity contribution is 8.26. The molecular formula is C20H22N4O2S2. The molecule has 1 aromatic carbocycles. The second-order valence-electron chi connectivity index (χ2n) is 6.35. The number of aryl methyl sites for hydroxylation is 1. The number of thioether (sulfide) groups is 1. The smallest absolute Gasteiger partial charge is 0.266 e. The Balaban J connectivity index is 1.38. The summed E-state index contributed by atoms with van der Waals surface area (Å²) in [4.78, 5) is 30.7. The number of thiocarbonyl (C=S) groups is 1. The minimum Gasteiger partial charge on any atom is -0.356 e. The van der Waals surface area contributed by atoms with Gasteiger partial charge >= 0.3 is 0 Å². The summed E-state index contributed by atoms with van der Waals surface area (Å²) in [5.41, 5.74) is 0.970. The predicted octanol–water partition coefficient (Wildman–Crippen LogP) is 3.07. The zero-order chi connectivity index (χ0) is 19.8. The van der Waals surface area contributed by atoms with Gasteiger partial charge in [-0.15, -0.1) is 0 Å². The molecule has 0 bridgehead atoms. The Kier molecular flexibility index (Phi) is 7.39. The maximum absolute atomic E-state index is 12.6. The zero-order valence-corrected chi connectivity index (χ0v) is 17.0. The van der Waals surface area contributed by atoms with E-state index in [2.05, 4.69) is 10.3 Å². The lowest BCUT2D eigenvalue weighted by Crippen LogP contribution is -2.31. The molecule has 146 valence electrons. The van der Waals surface area contributed by atoms with Gasteiger partial charge in [-0.25, -0.2) is 4.98 Å². The molecule has 0 unspecified atom stereocenters. The van der Waals surface area contributed by atoms with Crippen molar-refractivity contribution in [3.05, 3.63) is 59.5 Å². The summed E-state index contributed by atoms with van der Waals surface area (Å²) in [5, 5.41) is 2.91. The minimum absolute atomic E-state index is 0.00380. The Bertz CT molecular complexity index is 850. The standard InChI is InChI=1S/C20H22N4O2S2/c25-18(22-9-5-11-23-13-10-21-15-23)8-4-12-24-19(26)17(28-20(24)27)14-16-6-2-1-3-7-16/h1-3,6-7,10,13-15H,4-5,8-9,11-12H2,(H,22,25). The lowest BCUT2D eigenvalue weighted by Gasteiger charge is -2.14. The SMILES string of the molecule is O=C(CCCN1C(=O)C(=Cc2ccccc2)SC1=S)NCCCn1ccnc1. The second-order valence-corrected chi connectivity index (χ2v) is 8.03. The number of nitrogens with one attached hydrogen (secondary N) is 1. The molecule has 1 aliphatic heterocycles. The van der Waals surface area contributed by atoms with Gasteiger partial charge in [0.25, 0.3) is 5.91 Å². The maximum Gasteiger partial charge on any atom is 0.266 e. The van der Waals surface area contributed by atoms with Crippen molar-refractivity contribution in [2.45, 2.75) is 25.8 Å². The molecule has 6 nitrogen and oxygen atoms in total. The van der Waals surface area contributed by atoms with E-state index in [1.54, 1.807) is 17.4 Å². The Labute approximate surface area is 174 Å². The van der Waals surface area contributed by atoms with Crippen LogP contribution in [0.2, 0.25) is 0 Å². The lowest BCUT2D eigenvalue weighted by molar-refractivity contribution is -0.124. The van der Waals surface area contributed by atoms with Crippen molar-refractivity contribution in [1.82, 2.24) is 19.8 Å². The van der Waals surface area contributed by atoms with Gasteiger partial charge in [-0.3, -0.25) is 14.5 Å². The summed E-state index contributed by atoms with van der Waals surface area (Å²) in [7, 11) is 0. The molecule has 2 aromatic rings. The third-order valence-corrected chi connectivity index (χ3v) is 5.61. The van der Waals surface area contributed by atoms with E-state index in [1.807, 2.05) is 47.2 Å². The van der Waals surface area contributed by atoms with Crippen LogP contribution in [0.3, 0.4) is 0 Å². The summed E-state index contributed by atoms with van der Waals surface area (Å²) in [6.45, 7) is 1.90. The van der Waals surface area contributed by atoms with E-state index < -0.39 is 0 Å². The van der Waals surface area contributed by atoms with E-state index in [4.69, 9.17) is 12.2 Å². The monoisotopic (exact) mass is 414 g/mol. The molecule has 2 heterocycles. The van der Waals surface area contributed by atoms with Crippen molar-refractivity contribution in [1.29, 1.82) is 0 Å².